The fourth-order valence-electron chi connectivity index (χ4n) is 1.15. The quantitative estimate of drug-likeness (QED) is 0.465. The van der Waals surface area contributed by atoms with E-state index in [0.29, 0.717) is 12.8 Å². The summed E-state index contributed by atoms with van der Waals surface area (Å²) in [5.74, 6) is -2.41. The molecule has 0 heterocycles. The van der Waals surface area contributed by atoms with Crippen molar-refractivity contribution in [2.75, 3.05) is 0 Å². The van der Waals surface area contributed by atoms with Gasteiger partial charge in [0.25, 0.3) is 5.97 Å². The Labute approximate surface area is 77.8 Å². The summed E-state index contributed by atoms with van der Waals surface area (Å²) < 4.78 is 19.3. The van der Waals surface area contributed by atoms with Gasteiger partial charge in [-0.25, -0.2) is 0 Å². The van der Waals surface area contributed by atoms with Gasteiger partial charge in [0, 0.05) is 5.92 Å². The molecule has 3 N–H and O–H groups in total. The number of hydrogen-bond acceptors (Lipinski definition) is 5. The van der Waals surface area contributed by atoms with Gasteiger partial charge >= 0.3 is 8.25 Å². The Kier molecular flexibility index (Phi) is 4.26. The summed E-state index contributed by atoms with van der Waals surface area (Å²) in [5.41, 5.74) is 0. The van der Waals surface area contributed by atoms with Gasteiger partial charge < -0.3 is 14.9 Å². The zero-order valence-electron chi connectivity index (χ0n) is 6.77. The van der Waals surface area contributed by atoms with Crippen molar-refractivity contribution in [2.24, 2.45) is 5.92 Å². The molecule has 8 heteroatoms. The average molecular weight is 230 g/mol. The highest BCUT2D eigenvalue weighted by atomic mass is 31.1. The third-order valence-electron chi connectivity index (χ3n) is 2.05. The summed E-state index contributed by atoms with van der Waals surface area (Å²) >= 11 is 0. The van der Waals surface area contributed by atoms with E-state index >= 15 is 0 Å². The van der Waals surface area contributed by atoms with E-state index in [9.17, 15) is 9.67 Å². The summed E-state index contributed by atoms with van der Waals surface area (Å²) in [6.07, 6.45) is 2.24. The molecule has 3 atom stereocenters. The topological polar surface area (TPSA) is 96.2 Å². The normalized spacial score (nSPS) is 25.8. The first kappa shape index (κ1) is 11.5. The molecular formula is C5H12O6P2. The first-order valence-corrected chi connectivity index (χ1v) is 5.92. The Morgan fingerprint density at radius 3 is 2.46 bits per heavy atom. The first-order chi connectivity index (χ1) is 6.08. The van der Waals surface area contributed by atoms with Crippen LogP contribution in [0, 0.1) is 5.92 Å². The minimum atomic E-state index is -3.27. The Bertz CT molecular complexity index is 195. The Balaban J connectivity index is 2.55. The predicted octanol–water partition coefficient (Wildman–Crippen LogP) is 0.349. The fourth-order valence-corrected chi connectivity index (χ4v) is 2.03. The molecule has 1 aliphatic carbocycles. The van der Waals surface area contributed by atoms with Crippen molar-refractivity contribution in [1.82, 2.24) is 0 Å². The van der Waals surface area contributed by atoms with Crippen LogP contribution < -0.4 is 0 Å². The van der Waals surface area contributed by atoms with Crippen LogP contribution in [-0.4, -0.2) is 20.9 Å². The minimum Gasteiger partial charge on any atom is -0.352 e. The molecule has 0 aromatic heterocycles. The Hall–Kier alpha value is 0.460. The van der Waals surface area contributed by atoms with Gasteiger partial charge in [0.1, 0.15) is 0 Å². The molecule has 0 spiro atoms. The largest absolute Gasteiger partial charge is 0.352 e. The minimum absolute atomic E-state index is 0.326. The molecule has 1 rings (SSSR count). The molecule has 0 aromatic carbocycles. The number of rotatable bonds is 5. The van der Waals surface area contributed by atoms with Gasteiger partial charge in [-0.3, -0.25) is 13.6 Å². The Morgan fingerprint density at radius 1 is 1.54 bits per heavy atom. The van der Waals surface area contributed by atoms with Crippen molar-refractivity contribution >= 4 is 17.3 Å². The molecule has 0 aromatic rings. The number of aliphatic hydroxyl groups is 1. The van der Waals surface area contributed by atoms with E-state index < -0.39 is 23.3 Å². The van der Waals surface area contributed by atoms with Gasteiger partial charge in [0.05, 0.1) is 0 Å². The molecule has 0 aliphatic heterocycles. The summed E-state index contributed by atoms with van der Waals surface area (Å²) in [5, 5.41) is 9.57. The maximum absolute atomic E-state index is 10.4. The zero-order chi connectivity index (χ0) is 9.90. The maximum Gasteiger partial charge on any atom is 0.320 e. The van der Waals surface area contributed by atoms with Crippen LogP contribution in [0.1, 0.15) is 19.3 Å². The monoisotopic (exact) mass is 230 g/mol. The lowest BCUT2D eigenvalue weighted by Crippen LogP contribution is -2.43. The SMILES string of the molecule is O=[PH](O)OC(O)(OPO)C1CCC1. The van der Waals surface area contributed by atoms with Crippen LogP contribution in [0.15, 0.2) is 0 Å². The highest BCUT2D eigenvalue weighted by Crippen LogP contribution is 2.43. The molecule has 1 fully saturated rings. The van der Waals surface area contributed by atoms with Crippen molar-refractivity contribution in [2.45, 2.75) is 25.2 Å². The second kappa shape index (κ2) is 4.80. The van der Waals surface area contributed by atoms with Gasteiger partial charge in [-0.05, 0) is 12.8 Å². The third kappa shape index (κ3) is 2.96. The second-order valence-electron chi connectivity index (χ2n) is 2.82. The maximum atomic E-state index is 10.4. The average Bonchev–Trinajstić information content (AvgIpc) is 1.78. The van der Waals surface area contributed by atoms with Crippen LogP contribution >= 0.6 is 17.3 Å². The van der Waals surface area contributed by atoms with E-state index in [1.165, 1.54) is 0 Å². The van der Waals surface area contributed by atoms with Crippen LogP contribution in [0.5, 0.6) is 0 Å². The van der Waals surface area contributed by atoms with Crippen LogP contribution in [0.3, 0.4) is 0 Å². The molecule has 0 amide bonds. The molecule has 1 saturated carbocycles. The van der Waals surface area contributed by atoms with E-state index in [0.717, 1.165) is 6.42 Å². The van der Waals surface area contributed by atoms with Gasteiger partial charge in [0.15, 0.2) is 9.03 Å². The second-order valence-corrected chi connectivity index (χ2v) is 3.94. The summed E-state index contributed by atoms with van der Waals surface area (Å²) in [6.45, 7) is 0. The molecule has 6 nitrogen and oxygen atoms in total. The summed E-state index contributed by atoms with van der Waals surface area (Å²) in [7, 11) is -4.24. The van der Waals surface area contributed by atoms with Crippen LogP contribution in [0.2, 0.25) is 0 Å². The van der Waals surface area contributed by atoms with Crippen LogP contribution in [0.25, 0.3) is 0 Å². The van der Waals surface area contributed by atoms with Crippen molar-refractivity contribution in [3.63, 3.8) is 0 Å². The lowest BCUT2D eigenvalue weighted by Gasteiger charge is -2.38. The van der Waals surface area contributed by atoms with Crippen molar-refractivity contribution in [1.29, 1.82) is 0 Å². The van der Waals surface area contributed by atoms with Crippen molar-refractivity contribution < 1.29 is 28.5 Å². The van der Waals surface area contributed by atoms with Crippen LogP contribution in [-0.2, 0) is 13.6 Å². The highest BCUT2D eigenvalue weighted by molar-refractivity contribution is 7.32. The van der Waals surface area contributed by atoms with Crippen LogP contribution in [0.4, 0.5) is 0 Å². The molecule has 0 radical (unpaired) electrons. The molecule has 78 valence electrons. The molecule has 0 saturated heterocycles. The van der Waals surface area contributed by atoms with Crippen molar-refractivity contribution in [3.05, 3.63) is 0 Å². The molecular weight excluding hydrogens is 218 g/mol. The fraction of sp³-hybridized carbons (Fsp3) is 1.00. The third-order valence-corrected chi connectivity index (χ3v) is 2.90. The van der Waals surface area contributed by atoms with Gasteiger partial charge in [-0.15, -0.1) is 0 Å². The van der Waals surface area contributed by atoms with E-state index in [1.54, 1.807) is 0 Å². The van der Waals surface area contributed by atoms with E-state index in [-0.39, 0.29) is 5.92 Å². The molecule has 3 unspecified atom stereocenters. The smallest absolute Gasteiger partial charge is 0.320 e. The van der Waals surface area contributed by atoms with Gasteiger partial charge in [-0.2, -0.15) is 0 Å². The molecule has 1 aliphatic rings. The lowest BCUT2D eigenvalue weighted by molar-refractivity contribution is -0.315. The number of hydrogen-bond donors (Lipinski definition) is 3. The van der Waals surface area contributed by atoms with Gasteiger partial charge in [0.2, 0.25) is 0 Å². The predicted molar refractivity (Wildman–Crippen MR) is 46.2 cm³/mol. The van der Waals surface area contributed by atoms with E-state index in [1.807, 2.05) is 0 Å². The summed E-state index contributed by atoms with van der Waals surface area (Å²) in [4.78, 5) is 17.0. The zero-order valence-corrected chi connectivity index (χ0v) is 8.77. The lowest BCUT2D eigenvalue weighted by atomic mass is 9.83. The van der Waals surface area contributed by atoms with E-state index in [4.69, 9.17) is 9.79 Å². The Morgan fingerprint density at radius 2 is 2.15 bits per heavy atom. The van der Waals surface area contributed by atoms with Crippen molar-refractivity contribution in [3.8, 4) is 0 Å². The molecule has 0 bridgehead atoms. The van der Waals surface area contributed by atoms with Gasteiger partial charge in [-0.1, -0.05) is 6.42 Å². The van der Waals surface area contributed by atoms with E-state index in [2.05, 4.69) is 9.05 Å². The standard InChI is InChI=1S/C5H12O6P2/c6-5(10-12-7,11-13(8)9)4-2-1-3-4/h4,6-7,12-13H,1-3H2,(H,8,9). The first-order valence-electron chi connectivity index (χ1n) is 3.80. The molecule has 13 heavy (non-hydrogen) atoms. The highest BCUT2D eigenvalue weighted by Gasteiger charge is 2.44. The summed E-state index contributed by atoms with van der Waals surface area (Å²) in [6, 6.07) is 0.